The highest BCUT2D eigenvalue weighted by Gasteiger charge is 2.13. The van der Waals surface area contributed by atoms with Crippen LogP contribution in [0.4, 0.5) is 0 Å². The fraction of sp³-hybridized carbons (Fsp3) is 0.611. The lowest BCUT2D eigenvalue weighted by molar-refractivity contribution is -0.121. The van der Waals surface area contributed by atoms with Gasteiger partial charge in [-0.3, -0.25) is 9.59 Å². The Morgan fingerprint density at radius 2 is 2.00 bits per heavy atom. The highest BCUT2D eigenvalue weighted by atomic mass is 16.5. The first kappa shape index (κ1) is 19.9. The van der Waals surface area contributed by atoms with E-state index in [4.69, 9.17) is 10.00 Å². The molecule has 1 aromatic heterocycles. The molecule has 0 bridgehead atoms. The Kier molecular flexibility index (Phi) is 8.80. The normalized spacial score (nSPS) is 10.4. The van der Waals surface area contributed by atoms with Gasteiger partial charge >= 0.3 is 0 Å². The van der Waals surface area contributed by atoms with Gasteiger partial charge in [0.1, 0.15) is 11.6 Å². The number of hydrogen-bond acceptors (Lipinski definition) is 4. The Morgan fingerprint density at radius 1 is 1.29 bits per heavy atom. The number of nitrogens with zero attached hydrogens (tertiary/aromatic N) is 1. The number of hydrogen-bond donors (Lipinski definition) is 2. The highest BCUT2D eigenvalue weighted by Crippen LogP contribution is 2.14. The zero-order chi connectivity index (χ0) is 17.9. The van der Waals surface area contributed by atoms with Crippen LogP contribution in [0, 0.1) is 25.2 Å². The summed E-state index contributed by atoms with van der Waals surface area (Å²) in [5.74, 6) is -0.0351. The van der Waals surface area contributed by atoms with E-state index in [0.29, 0.717) is 37.3 Å². The Balaban J connectivity index is 2.40. The molecule has 0 aliphatic heterocycles. The van der Waals surface area contributed by atoms with Crippen molar-refractivity contribution in [2.24, 2.45) is 0 Å². The lowest BCUT2D eigenvalue weighted by atomic mass is 9.99. The minimum atomic E-state index is -0.372. The molecule has 1 heterocycles. The van der Waals surface area contributed by atoms with Crippen molar-refractivity contribution < 1.29 is 9.53 Å². The Bertz CT molecular complexity index is 644. The number of nitriles is 1. The first-order valence-corrected chi connectivity index (χ1v) is 8.48. The van der Waals surface area contributed by atoms with Gasteiger partial charge in [0.05, 0.1) is 0 Å². The van der Waals surface area contributed by atoms with Crippen LogP contribution in [0.5, 0.6) is 0 Å². The van der Waals surface area contributed by atoms with Gasteiger partial charge in [-0.2, -0.15) is 5.26 Å². The second kappa shape index (κ2) is 10.6. The molecule has 0 saturated carbocycles. The summed E-state index contributed by atoms with van der Waals surface area (Å²) in [6.45, 7) is 7.69. The summed E-state index contributed by atoms with van der Waals surface area (Å²) < 4.78 is 5.44. The molecule has 2 N–H and O–H groups in total. The van der Waals surface area contributed by atoms with E-state index in [-0.39, 0.29) is 17.0 Å². The maximum Gasteiger partial charge on any atom is 0.266 e. The van der Waals surface area contributed by atoms with E-state index in [2.05, 4.69) is 17.2 Å². The quantitative estimate of drug-likeness (QED) is 0.641. The van der Waals surface area contributed by atoms with E-state index in [1.54, 1.807) is 13.8 Å². The Labute approximate surface area is 143 Å². The summed E-state index contributed by atoms with van der Waals surface area (Å²) in [5.41, 5.74) is 2.00. The van der Waals surface area contributed by atoms with Gasteiger partial charge < -0.3 is 15.0 Å². The third-order valence-electron chi connectivity index (χ3n) is 3.95. The minimum absolute atomic E-state index is 0.0351. The summed E-state index contributed by atoms with van der Waals surface area (Å²) in [7, 11) is 0. The van der Waals surface area contributed by atoms with Crippen molar-refractivity contribution in [3.8, 4) is 6.07 Å². The molecule has 6 heteroatoms. The topological polar surface area (TPSA) is 95.0 Å². The molecule has 0 aromatic carbocycles. The van der Waals surface area contributed by atoms with Gasteiger partial charge in [-0.1, -0.05) is 13.3 Å². The van der Waals surface area contributed by atoms with Crippen LogP contribution in [0.15, 0.2) is 4.79 Å². The van der Waals surface area contributed by atoms with Gasteiger partial charge in [0.2, 0.25) is 5.91 Å². The van der Waals surface area contributed by atoms with Gasteiger partial charge in [-0.25, -0.2) is 0 Å². The third kappa shape index (κ3) is 6.17. The summed E-state index contributed by atoms with van der Waals surface area (Å²) in [4.78, 5) is 26.3. The molecule has 1 rings (SSSR count). The summed E-state index contributed by atoms with van der Waals surface area (Å²) in [6.07, 6.45) is 3.81. The van der Waals surface area contributed by atoms with Crippen LogP contribution in [0.1, 0.15) is 55.0 Å². The maximum absolute atomic E-state index is 11.9. The molecule has 132 valence electrons. The van der Waals surface area contributed by atoms with Crippen molar-refractivity contribution in [2.45, 2.75) is 52.9 Å². The molecule has 0 atom stereocenters. The van der Waals surface area contributed by atoms with Gasteiger partial charge in [-0.05, 0) is 44.2 Å². The molecular weight excluding hydrogens is 306 g/mol. The monoisotopic (exact) mass is 333 g/mol. The standard InChI is InChI=1S/C18H27N3O3/c1-4-5-10-24-11-6-9-20-17(22)8-7-15-13(2)16(12-19)18(23)21-14(15)3/h4-11H2,1-3H3,(H,20,22)(H,21,23). The van der Waals surface area contributed by atoms with E-state index < -0.39 is 0 Å². The van der Waals surface area contributed by atoms with Crippen molar-refractivity contribution in [1.82, 2.24) is 10.3 Å². The number of carbonyl (C=O) groups excluding carboxylic acids is 1. The van der Waals surface area contributed by atoms with Gasteiger partial charge in [0.25, 0.3) is 5.56 Å². The van der Waals surface area contributed by atoms with Crippen molar-refractivity contribution in [1.29, 1.82) is 5.26 Å². The summed E-state index contributed by atoms with van der Waals surface area (Å²) in [6, 6.07) is 1.92. The number of amides is 1. The number of nitrogens with one attached hydrogen (secondary N) is 2. The van der Waals surface area contributed by atoms with E-state index in [0.717, 1.165) is 31.4 Å². The highest BCUT2D eigenvalue weighted by molar-refractivity contribution is 5.76. The van der Waals surface area contributed by atoms with Gasteiger partial charge in [-0.15, -0.1) is 0 Å². The van der Waals surface area contributed by atoms with Crippen LogP contribution >= 0.6 is 0 Å². The molecule has 0 aliphatic carbocycles. The van der Waals surface area contributed by atoms with Crippen LogP contribution in [0.2, 0.25) is 0 Å². The number of rotatable bonds is 10. The van der Waals surface area contributed by atoms with Gasteiger partial charge in [0.15, 0.2) is 0 Å². The minimum Gasteiger partial charge on any atom is -0.381 e. The van der Waals surface area contributed by atoms with Crippen LogP contribution in [-0.4, -0.2) is 30.6 Å². The first-order chi connectivity index (χ1) is 11.5. The SMILES string of the molecule is CCCCOCCCNC(=O)CCc1c(C)[nH]c(=O)c(C#N)c1C. The van der Waals surface area contributed by atoms with Crippen LogP contribution in [-0.2, 0) is 16.0 Å². The van der Waals surface area contributed by atoms with Crippen molar-refractivity contribution >= 4 is 5.91 Å². The zero-order valence-corrected chi connectivity index (χ0v) is 14.8. The van der Waals surface area contributed by atoms with Crippen molar-refractivity contribution in [2.75, 3.05) is 19.8 Å². The molecule has 0 unspecified atom stereocenters. The second-order valence-corrected chi connectivity index (χ2v) is 5.84. The van der Waals surface area contributed by atoms with E-state index in [9.17, 15) is 9.59 Å². The average molecular weight is 333 g/mol. The third-order valence-corrected chi connectivity index (χ3v) is 3.95. The van der Waals surface area contributed by atoms with E-state index in [1.807, 2.05) is 6.07 Å². The van der Waals surface area contributed by atoms with Gasteiger partial charge in [0, 0.05) is 31.9 Å². The molecule has 0 fully saturated rings. The van der Waals surface area contributed by atoms with E-state index in [1.165, 1.54) is 0 Å². The molecule has 0 spiro atoms. The zero-order valence-electron chi connectivity index (χ0n) is 14.8. The predicted octanol–water partition coefficient (Wildman–Crippen LogP) is 2.12. The average Bonchev–Trinajstić information content (AvgIpc) is 2.54. The predicted molar refractivity (Wildman–Crippen MR) is 92.9 cm³/mol. The van der Waals surface area contributed by atoms with Crippen molar-refractivity contribution in [3.05, 3.63) is 32.7 Å². The van der Waals surface area contributed by atoms with Crippen LogP contribution < -0.4 is 10.9 Å². The van der Waals surface area contributed by atoms with Crippen LogP contribution in [0.3, 0.4) is 0 Å². The summed E-state index contributed by atoms with van der Waals surface area (Å²) >= 11 is 0. The second-order valence-electron chi connectivity index (χ2n) is 5.84. The summed E-state index contributed by atoms with van der Waals surface area (Å²) in [5, 5.41) is 11.9. The molecular formula is C18H27N3O3. The molecule has 0 radical (unpaired) electrons. The largest absolute Gasteiger partial charge is 0.381 e. The number of aryl methyl sites for hydroxylation is 1. The number of ether oxygens (including phenoxy) is 1. The molecule has 1 aromatic rings. The fourth-order valence-electron chi connectivity index (χ4n) is 2.50. The molecule has 0 aliphatic rings. The lowest BCUT2D eigenvalue weighted by Gasteiger charge is -2.11. The maximum atomic E-state index is 11.9. The Morgan fingerprint density at radius 3 is 2.67 bits per heavy atom. The lowest BCUT2D eigenvalue weighted by Crippen LogP contribution is -2.26. The number of aromatic nitrogens is 1. The number of aromatic amines is 1. The number of H-pyrrole nitrogens is 1. The van der Waals surface area contributed by atoms with E-state index >= 15 is 0 Å². The molecule has 0 saturated heterocycles. The van der Waals surface area contributed by atoms with Crippen molar-refractivity contribution in [3.63, 3.8) is 0 Å². The fourth-order valence-corrected chi connectivity index (χ4v) is 2.50. The molecule has 24 heavy (non-hydrogen) atoms. The number of carbonyl (C=O) groups is 1. The Hall–Kier alpha value is -2.13. The van der Waals surface area contributed by atoms with Crippen LogP contribution in [0.25, 0.3) is 0 Å². The number of pyridine rings is 1. The first-order valence-electron chi connectivity index (χ1n) is 8.48. The smallest absolute Gasteiger partial charge is 0.266 e. The number of unbranched alkanes of at least 4 members (excludes halogenated alkanes) is 1. The molecule has 1 amide bonds. The molecule has 6 nitrogen and oxygen atoms in total.